The van der Waals surface area contributed by atoms with Gasteiger partial charge in [0.1, 0.15) is 11.6 Å². The van der Waals surface area contributed by atoms with Crippen molar-refractivity contribution < 1.29 is 9.18 Å². The van der Waals surface area contributed by atoms with Gasteiger partial charge in [0.25, 0.3) is 0 Å². The topological polar surface area (TPSA) is 38.1 Å². The van der Waals surface area contributed by atoms with E-state index in [9.17, 15) is 9.18 Å². The Balaban J connectivity index is 1.42. The van der Waals surface area contributed by atoms with Gasteiger partial charge in [0, 0.05) is 31.1 Å². The van der Waals surface area contributed by atoms with E-state index >= 15 is 0 Å². The smallest absolute Gasteiger partial charge is 0.227 e. The molecule has 1 saturated carbocycles. The molecule has 30 heavy (non-hydrogen) atoms. The Morgan fingerprint density at radius 3 is 2.57 bits per heavy atom. The lowest BCUT2D eigenvalue weighted by molar-refractivity contribution is -0.117. The molecule has 0 bridgehead atoms. The molecule has 2 aromatic carbocycles. The number of rotatable bonds is 5. The first-order valence-corrected chi connectivity index (χ1v) is 11.2. The lowest BCUT2D eigenvalue weighted by Gasteiger charge is -2.23. The number of fused-ring (bicyclic) bond motifs is 1. The number of imidazole rings is 1. The van der Waals surface area contributed by atoms with Gasteiger partial charge in [0.2, 0.25) is 5.91 Å². The molecular weight excluding hydrogens is 377 g/mol. The van der Waals surface area contributed by atoms with E-state index in [1.807, 2.05) is 6.07 Å². The quantitative estimate of drug-likeness (QED) is 0.549. The van der Waals surface area contributed by atoms with E-state index in [2.05, 4.69) is 22.8 Å². The number of hydrogen-bond donors (Lipinski definition) is 0. The van der Waals surface area contributed by atoms with Gasteiger partial charge in [0.05, 0.1) is 11.0 Å². The number of carbonyl (C=O) groups is 1. The molecule has 1 amide bonds. The molecule has 0 unspecified atom stereocenters. The highest BCUT2D eigenvalue weighted by Crippen LogP contribution is 2.34. The van der Waals surface area contributed by atoms with Crippen LogP contribution in [-0.2, 0) is 11.3 Å². The van der Waals surface area contributed by atoms with E-state index in [-0.39, 0.29) is 17.6 Å². The molecule has 1 atom stereocenters. The van der Waals surface area contributed by atoms with Crippen molar-refractivity contribution in [1.82, 2.24) is 9.55 Å². The molecule has 1 saturated heterocycles. The minimum atomic E-state index is -0.286. The third kappa shape index (κ3) is 3.73. The number of aromatic nitrogens is 2. The summed E-state index contributed by atoms with van der Waals surface area (Å²) in [5.41, 5.74) is 2.92. The number of nitrogens with zero attached hydrogens (tertiary/aromatic N) is 3. The van der Waals surface area contributed by atoms with Crippen molar-refractivity contribution in [3.05, 3.63) is 60.2 Å². The van der Waals surface area contributed by atoms with Gasteiger partial charge >= 0.3 is 0 Å². The molecular formula is C25H28FN3O. The Morgan fingerprint density at radius 2 is 1.77 bits per heavy atom. The lowest BCUT2D eigenvalue weighted by atomic mass is 9.87. The summed E-state index contributed by atoms with van der Waals surface area (Å²) in [6, 6.07) is 14.5. The molecule has 5 rings (SSSR count). The zero-order valence-corrected chi connectivity index (χ0v) is 17.3. The maximum absolute atomic E-state index is 13.3. The van der Waals surface area contributed by atoms with Gasteiger partial charge in [0.15, 0.2) is 0 Å². The van der Waals surface area contributed by atoms with Crippen LogP contribution in [0.5, 0.6) is 0 Å². The number of carbonyl (C=O) groups excluding carboxylic acids is 1. The average Bonchev–Trinajstić information content (AvgIpc) is 3.34. The fourth-order valence-corrected chi connectivity index (χ4v) is 5.18. The highest BCUT2D eigenvalue weighted by molar-refractivity contribution is 5.96. The minimum Gasteiger partial charge on any atom is -0.328 e. The van der Waals surface area contributed by atoms with E-state index in [0.717, 1.165) is 35.0 Å². The molecule has 0 radical (unpaired) electrons. The van der Waals surface area contributed by atoms with Crippen molar-refractivity contribution in [3.63, 3.8) is 0 Å². The number of amides is 1. The summed E-state index contributed by atoms with van der Waals surface area (Å²) in [5.74, 6) is 1.67. The Morgan fingerprint density at radius 1 is 1.00 bits per heavy atom. The second-order valence-corrected chi connectivity index (χ2v) is 8.78. The second-order valence-electron chi connectivity index (χ2n) is 8.78. The van der Waals surface area contributed by atoms with E-state index in [1.165, 1.54) is 50.7 Å². The SMILES string of the molecule is O=C1C[C@@H](c2nc3ccccc3n2CCC2CCCCC2)CN1c1ccc(F)cc1. The number of hydrogen-bond acceptors (Lipinski definition) is 2. The maximum Gasteiger partial charge on any atom is 0.227 e. The number of benzene rings is 2. The molecule has 2 heterocycles. The van der Waals surface area contributed by atoms with Gasteiger partial charge in [-0.25, -0.2) is 9.37 Å². The second kappa shape index (κ2) is 8.21. The van der Waals surface area contributed by atoms with Gasteiger partial charge in [-0.05, 0) is 48.7 Å². The van der Waals surface area contributed by atoms with E-state index < -0.39 is 0 Å². The van der Waals surface area contributed by atoms with Gasteiger partial charge < -0.3 is 9.47 Å². The average molecular weight is 406 g/mol. The Labute approximate surface area is 176 Å². The standard InChI is InChI=1S/C25H28FN3O/c26-20-10-12-21(13-11-20)29-17-19(16-24(29)30)25-27-22-8-4-5-9-23(22)28(25)15-14-18-6-2-1-3-7-18/h4-5,8-13,18-19H,1-3,6-7,14-17H2/t19-/m1/s1. The van der Waals surface area contributed by atoms with Crippen molar-refractivity contribution in [2.75, 3.05) is 11.4 Å². The molecule has 1 aliphatic carbocycles. The first-order chi connectivity index (χ1) is 14.7. The fraction of sp³-hybridized carbons (Fsp3) is 0.440. The van der Waals surface area contributed by atoms with Crippen LogP contribution in [0.3, 0.4) is 0 Å². The molecule has 0 spiro atoms. The molecule has 1 aromatic heterocycles. The molecule has 4 nitrogen and oxygen atoms in total. The van der Waals surface area contributed by atoms with Crippen LogP contribution in [-0.4, -0.2) is 22.0 Å². The Bertz CT molecular complexity index is 1040. The number of para-hydroxylation sites is 2. The molecule has 1 aliphatic heterocycles. The van der Waals surface area contributed by atoms with Crippen molar-refractivity contribution in [2.24, 2.45) is 5.92 Å². The van der Waals surface area contributed by atoms with Gasteiger partial charge in [-0.1, -0.05) is 44.2 Å². The predicted molar refractivity (Wildman–Crippen MR) is 117 cm³/mol. The summed E-state index contributed by atoms with van der Waals surface area (Å²) in [7, 11) is 0. The third-order valence-corrected chi connectivity index (χ3v) is 6.80. The van der Waals surface area contributed by atoms with E-state index in [4.69, 9.17) is 4.98 Å². The normalized spacial score (nSPS) is 20.4. The fourth-order valence-electron chi connectivity index (χ4n) is 5.18. The van der Waals surface area contributed by atoms with Gasteiger partial charge in [-0.3, -0.25) is 4.79 Å². The van der Waals surface area contributed by atoms with Gasteiger partial charge in [-0.2, -0.15) is 0 Å². The zero-order valence-electron chi connectivity index (χ0n) is 17.3. The Hall–Kier alpha value is -2.69. The van der Waals surface area contributed by atoms with Crippen LogP contribution in [0.15, 0.2) is 48.5 Å². The summed E-state index contributed by atoms with van der Waals surface area (Å²) in [4.78, 5) is 19.5. The summed E-state index contributed by atoms with van der Waals surface area (Å²) in [5, 5.41) is 0. The maximum atomic E-state index is 13.3. The molecule has 2 aliphatic rings. The first kappa shape index (κ1) is 19.3. The number of anilines is 1. The Kier molecular flexibility index (Phi) is 5.28. The van der Waals surface area contributed by atoms with Crippen molar-refractivity contribution in [2.45, 2.75) is 57.4 Å². The van der Waals surface area contributed by atoms with E-state index in [0.29, 0.717) is 13.0 Å². The van der Waals surface area contributed by atoms with Crippen molar-refractivity contribution >= 4 is 22.6 Å². The molecule has 3 aromatic rings. The molecule has 2 fully saturated rings. The van der Waals surface area contributed by atoms with Crippen LogP contribution in [0, 0.1) is 11.7 Å². The number of halogens is 1. The predicted octanol–water partition coefficient (Wildman–Crippen LogP) is 5.67. The van der Waals surface area contributed by atoms with Gasteiger partial charge in [-0.15, -0.1) is 0 Å². The van der Waals surface area contributed by atoms with Crippen LogP contribution >= 0.6 is 0 Å². The third-order valence-electron chi connectivity index (χ3n) is 6.80. The minimum absolute atomic E-state index is 0.0568. The monoisotopic (exact) mass is 405 g/mol. The largest absolute Gasteiger partial charge is 0.328 e. The summed E-state index contributed by atoms with van der Waals surface area (Å²) < 4.78 is 15.7. The van der Waals surface area contributed by atoms with Crippen LogP contribution in [0.25, 0.3) is 11.0 Å². The van der Waals surface area contributed by atoms with Crippen molar-refractivity contribution in [1.29, 1.82) is 0 Å². The summed E-state index contributed by atoms with van der Waals surface area (Å²) in [6.07, 6.45) is 8.38. The lowest BCUT2D eigenvalue weighted by Crippen LogP contribution is -2.24. The highest BCUT2D eigenvalue weighted by Gasteiger charge is 2.35. The highest BCUT2D eigenvalue weighted by atomic mass is 19.1. The van der Waals surface area contributed by atoms with Crippen LogP contribution in [0.2, 0.25) is 0 Å². The number of aryl methyl sites for hydroxylation is 1. The molecule has 5 heteroatoms. The summed E-state index contributed by atoms with van der Waals surface area (Å²) >= 11 is 0. The first-order valence-electron chi connectivity index (χ1n) is 11.2. The van der Waals surface area contributed by atoms with Crippen molar-refractivity contribution in [3.8, 4) is 0 Å². The molecule has 0 N–H and O–H groups in total. The molecule has 156 valence electrons. The van der Waals surface area contributed by atoms with E-state index in [1.54, 1.807) is 17.0 Å². The van der Waals surface area contributed by atoms with Crippen LogP contribution in [0.4, 0.5) is 10.1 Å². The summed E-state index contributed by atoms with van der Waals surface area (Å²) in [6.45, 7) is 1.55. The zero-order chi connectivity index (χ0) is 20.5. The van der Waals surface area contributed by atoms with Crippen LogP contribution < -0.4 is 4.90 Å². The van der Waals surface area contributed by atoms with Crippen LogP contribution in [0.1, 0.15) is 56.7 Å².